The average molecular weight is 202 g/mol. The molecular formula is C9H18N2O3. The summed E-state index contributed by atoms with van der Waals surface area (Å²) in [5.74, 6) is -2.13. The van der Waals surface area contributed by atoms with Crippen molar-refractivity contribution in [2.45, 2.75) is 19.3 Å². The second kappa shape index (κ2) is 6.37. The Labute approximate surface area is 83.9 Å². The van der Waals surface area contributed by atoms with E-state index in [1.54, 1.807) is 0 Å². The molecule has 82 valence electrons. The first-order chi connectivity index (χ1) is 6.43. The van der Waals surface area contributed by atoms with Crippen molar-refractivity contribution >= 4 is 11.9 Å². The fourth-order valence-corrected chi connectivity index (χ4v) is 1.21. The van der Waals surface area contributed by atoms with Gasteiger partial charge in [-0.2, -0.15) is 0 Å². The van der Waals surface area contributed by atoms with Gasteiger partial charge in [0.2, 0.25) is 5.91 Å². The number of amides is 1. The third-order valence-corrected chi connectivity index (χ3v) is 1.95. The van der Waals surface area contributed by atoms with E-state index in [-0.39, 0.29) is 6.42 Å². The first-order valence-electron chi connectivity index (χ1n) is 4.59. The Hall–Kier alpha value is -1.10. The number of carboxylic acids is 1. The summed E-state index contributed by atoms with van der Waals surface area (Å²) in [7, 11) is 3.84. The molecule has 0 rings (SSSR count). The van der Waals surface area contributed by atoms with Crippen LogP contribution >= 0.6 is 0 Å². The van der Waals surface area contributed by atoms with Gasteiger partial charge in [-0.1, -0.05) is 0 Å². The number of aliphatic carboxylic acids is 1. The van der Waals surface area contributed by atoms with Crippen LogP contribution in [0, 0.1) is 5.92 Å². The van der Waals surface area contributed by atoms with Crippen molar-refractivity contribution in [2.24, 2.45) is 11.7 Å². The highest BCUT2D eigenvalue weighted by molar-refractivity contribution is 5.80. The van der Waals surface area contributed by atoms with Crippen LogP contribution in [0.15, 0.2) is 0 Å². The van der Waals surface area contributed by atoms with Gasteiger partial charge < -0.3 is 15.7 Å². The summed E-state index contributed by atoms with van der Waals surface area (Å²) >= 11 is 0. The van der Waals surface area contributed by atoms with Crippen molar-refractivity contribution in [3.8, 4) is 0 Å². The summed E-state index contributed by atoms with van der Waals surface area (Å²) < 4.78 is 0. The van der Waals surface area contributed by atoms with Gasteiger partial charge in [-0.05, 0) is 33.5 Å². The summed E-state index contributed by atoms with van der Waals surface area (Å²) in [6.07, 6.45) is 1.19. The zero-order valence-corrected chi connectivity index (χ0v) is 8.69. The Morgan fingerprint density at radius 2 is 2.00 bits per heavy atom. The molecule has 5 nitrogen and oxygen atoms in total. The summed E-state index contributed by atoms with van der Waals surface area (Å²) in [5.41, 5.74) is 4.95. The molecule has 0 aromatic heterocycles. The number of nitrogens with zero attached hydrogens (tertiary/aromatic N) is 1. The molecule has 0 spiro atoms. The lowest BCUT2D eigenvalue weighted by atomic mass is 9.99. The number of carbonyl (C=O) groups excluding carboxylic acids is 1. The van der Waals surface area contributed by atoms with Crippen molar-refractivity contribution in [3.63, 3.8) is 0 Å². The van der Waals surface area contributed by atoms with E-state index in [4.69, 9.17) is 10.8 Å². The normalized spacial score (nSPS) is 12.8. The summed E-state index contributed by atoms with van der Waals surface area (Å²) in [4.78, 5) is 23.2. The standard InChI is InChI=1S/C9H18N2O3/c1-11(2)5-3-4-7(9(13)14)6-8(10)12/h7H,3-6H2,1-2H3,(H2,10,12)(H,13,14). The van der Waals surface area contributed by atoms with E-state index in [9.17, 15) is 9.59 Å². The topological polar surface area (TPSA) is 83.6 Å². The number of nitrogens with two attached hydrogens (primary N) is 1. The minimum Gasteiger partial charge on any atom is -0.481 e. The molecule has 0 aliphatic heterocycles. The van der Waals surface area contributed by atoms with Crippen LogP contribution in [0.1, 0.15) is 19.3 Å². The molecule has 3 N–H and O–H groups in total. The van der Waals surface area contributed by atoms with Crippen LogP contribution in [0.3, 0.4) is 0 Å². The lowest BCUT2D eigenvalue weighted by molar-refractivity contribution is -0.144. The highest BCUT2D eigenvalue weighted by Gasteiger charge is 2.19. The van der Waals surface area contributed by atoms with E-state index < -0.39 is 17.8 Å². The molecule has 0 radical (unpaired) electrons. The Balaban J connectivity index is 3.86. The quantitative estimate of drug-likeness (QED) is 0.604. The number of hydrogen-bond acceptors (Lipinski definition) is 3. The monoisotopic (exact) mass is 202 g/mol. The maximum absolute atomic E-state index is 10.7. The molecule has 0 saturated heterocycles. The van der Waals surface area contributed by atoms with Crippen LogP contribution in [0.25, 0.3) is 0 Å². The van der Waals surface area contributed by atoms with E-state index in [2.05, 4.69) is 0 Å². The molecule has 1 atom stereocenters. The van der Waals surface area contributed by atoms with Crippen LogP contribution in [0.4, 0.5) is 0 Å². The minimum atomic E-state index is -0.942. The molecule has 0 aliphatic rings. The smallest absolute Gasteiger partial charge is 0.307 e. The number of hydrogen-bond donors (Lipinski definition) is 2. The molecule has 0 aromatic carbocycles. The van der Waals surface area contributed by atoms with Crippen LogP contribution in [0.5, 0.6) is 0 Å². The van der Waals surface area contributed by atoms with Gasteiger partial charge in [-0.3, -0.25) is 9.59 Å². The fourth-order valence-electron chi connectivity index (χ4n) is 1.21. The van der Waals surface area contributed by atoms with Crippen LogP contribution < -0.4 is 5.73 Å². The number of rotatable bonds is 7. The van der Waals surface area contributed by atoms with Crippen molar-refractivity contribution in [3.05, 3.63) is 0 Å². The van der Waals surface area contributed by atoms with Gasteiger partial charge in [0.15, 0.2) is 0 Å². The van der Waals surface area contributed by atoms with Gasteiger partial charge in [0, 0.05) is 6.42 Å². The second-order valence-electron chi connectivity index (χ2n) is 3.65. The van der Waals surface area contributed by atoms with E-state index in [0.29, 0.717) is 6.42 Å². The fraction of sp³-hybridized carbons (Fsp3) is 0.778. The van der Waals surface area contributed by atoms with Crippen molar-refractivity contribution in [1.82, 2.24) is 4.90 Å². The number of carbonyl (C=O) groups is 2. The zero-order valence-electron chi connectivity index (χ0n) is 8.69. The first kappa shape index (κ1) is 12.9. The van der Waals surface area contributed by atoms with E-state index >= 15 is 0 Å². The third kappa shape index (κ3) is 6.42. The van der Waals surface area contributed by atoms with Crippen molar-refractivity contribution in [1.29, 1.82) is 0 Å². The lowest BCUT2D eigenvalue weighted by Crippen LogP contribution is -2.23. The molecule has 0 bridgehead atoms. The average Bonchev–Trinajstić information content (AvgIpc) is 2.00. The van der Waals surface area contributed by atoms with Crippen LogP contribution in [-0.4, -0.2) is 42.5 Å². The molecule has 0 saturated carbocycles. The SMILES string of the molecule is CN(C)CCCC(CC(N)=O)C(=O)O. The van der Waals surface area contributed by atoms with Crippen LogP contribution in [-0.2, 0) is 9.59 Å². The second-order valence-corrected chi connectivity index (χ2v) is 3.65. The van der Waals surface area contributed by atoms with Gasteiger partial charge in [-0.15, -0.1) is 0 Å². The van der Waals surface area contributed by atoms with E-state index in [1.165, 1.54) is 0 Å². The highest BCUT2D eigenvalue weighted by Crippen LogP contribution is 2.11. The largest absolute Gasteiger partial charge is 0.481 e. The summed E-state index contributed by atoms with van der Waals surface area (Å²) in [6.45, 7) is 0.822. The Morgan fingerprint density at radius 3 is 2.36 bits per heavy atom. The van der Waals surface area contributed by atoms with E-state index in [1.807, 2.05) is 19.0 Å². The predicted molar refractivity (Wildman–Crippen MR) is 52.7 cm³/mol. The van der Waals surface area contributed by atoms with Crippen molar-refractivity contribution in [2.75, 3.05) is 20.6 Å². The minimum absolute atomic E-state index is 0.0667. The molecule has 0 fully saturated rings. The summed E-state index contributed by atoms with van der Waals surface area (Å²) in [6, 6.07) is 0. The highest BCUT2D eigenvalue weighted by atomic mass is 16.4. The maximum Gasteiger partial charge on any atom is 0.307 e. The number of carboxylic acid groups (broad SMARTS) is 1. The molecule has 0 heterocycles. The molecule has 14 heavy (non-hydrogen) atoms. The van der Waals surface area contributed by atoms with Crippen LogP contribution in [0.2, 0.25) is 0 Å². The van der Waals surface area contributed by atoms with Gasteiger partial charge in [0.1, 0.15) is 0 Å². The van der Waals surface area contributed by atoms with Gasteiger partial charge >= 0.3 is 5.97 Å². The van der Waals surface area contributed by atoms with E-state index in [0.717, 1.165) is 13.0 Å². The predicted octanol–water partition coefficient (Wildman–Crippen LogP) is -0.0956. The van der Waals surface area contributed by atoms with Gasteiger partial charge in [0.25, 0.3) is 0 Å². The van der Waals surface area contributed by atoms with Gasteiger partial charge in [0.05, 0.1) is 5.92 Å². The third-order valence-electron chi connectivity index (χ3n) is 1.95. The molecule has 0 aromatic rings. The van der Waals surface area contributed by atoms with Gasteiger partial charge in [-0.25, -0.2) is 0 Å². The lowest BCUT2D eigenvalue weighted by Gasteiger charge is -2.12. The first-order valence-corrected chi connectivity index (χ1v) is 4.59. The molecule has 0 aliphatic carbocycles. The summed E-state index contributed by atoms with van der Waals surface area (Å²) in [5, 5.41) is 8.77. The molecular weight excluding hydrogens is 184 g/mol. The molecule has 1 unspecified atom stereocenters. The van der Waals surface area contributed by atoms with Crippen molar-refractivity contribution < 1.29 is 14.7 Å². The Bertz CT molecular complexity index is 204. The Kier molecular flexibility index (Phi) is 5.87. The maximum atomic E-state index is 10.7. The zero-order chi connectivity index (χ0) is 11.1. The number of primary amides is 1. The molecule has 5 heteroatoms. The molecule has 1 amide bonds. The Morgan fingerprint density at radius 1 is 1.43 bits per heavy atom.